The maximum atomic E-state index is 12.6. The summed E-state index contributed by atoms with van der Waals surface area (Å²) in [5, 5.41) is 3.26. The number of halogens is 1. The maximum absolute atomic E-state index is 12.6. The smallest absolute Gasteiger partial charge is 0.338 e. The van der Waals surface area contributed by atoms with Gasteiger partial charge in [0.15, 0.2) is 5.17 Å². The number of carbonyl (C=O) groups is 3. The Hall–Kier alpha value is -2.84. The van der Waals surface area contributed by atoms with E-state index in [1.807, 2.05) is 13.0 Å². The second-order valence-corrected chi connectivity index (χ2v) is 8.46. The van der Waals surface area contributed by atoms with Crippen molar-refractivity contribution in [2.75, 3.05) is 19.0 Å². The molecule has 2 amide bonds. The summed E-state index contributed by atoms with van der Waals surface area (Å²) in [6, 6.07) is 11.9. The second-order valence-electron chi connectivity index (χ2n) is 6.88. The number of thioether (sulfide) groups is 1. The predicted molar refractivity (Wildman–Crippen MR) is 123 cm³/mol. The lowest BCUT2D eigenvalue weighted by Crippen LogP contribution is -2.30. The number of aryl methyl sites for hydroxylation is 1. The van der Waals surface area contributed by atoms with Crippen LogP contribution in [0.3, 0.4) is 0 Å². The monoisotopic (exact) mass is 459 g/mol. The van der Waals surface area contributed by atoms with Gasteiger partial charge >= 0.3 is 5.97 Å². The van der Waals surface area contributed by atoms with Crippen molar-refractivity contribution in [2.24, 2.45) is 4.99 Å². The molecule has 1 unspecified atom stereocenters. The molecule has 1 atom stereocenters. The third-order valence-corrected chi connectivity index (χ3v) is 6.21. The van der Waals surface area contributed by atoms with Crippen LogP contribution in [-0.2, 0) is 14.3 Å². The number of amidine groups is 1. The molecular weight excluding hydrogens is 438 g/mol. The average Bonchev–Trinajstić information content (AvgIpc) is 2.99. The highest BCUT2D eigenvalue weighted by Gasteiger charge is 2.37. The van der Waals surface area contributed by atoms with Crippen molar-refractivity contribution in [1.82, 2.24) is 4.90 Å². The zero-order chi connectivity index (χ0) is 22.5. The van der Waals surface area contributed by atoms with E-state index >= 15 is 0 Å². The third kappa shape index (κ3) is 5.65. The molecular formula is C22H22ClN3O4S. The SMILES string of the molecule is CCOC(=O)c1ccc(N=C2SC(CC(=O)Nc3ccc(C)c(Cl)c3)C(=O)N2C)cc1. The minimum absolute atomic E-state index is 0.0140. The molecule has 2 aromatic rings. The summed E-state index contributed by atoms with van der Waals surface area (Å²) in [6.45, 7) is 3.93. The lowest BCUT2D eigenvalue weighted by Gasteiger charge is -2.10. The molecule has 1 saturated heterocycles. The fourth-order valence-electron chi connectivity index (χ4n) is 2.85. The summed E-state index contributed by atoms with van der Waals surface area (Å²) in [4.78, 5) is 42.6. The molecule has 31 heavy (non-hydrogen) atoms. The molecule has 0 saturated carbocycles. The molecule has 1 fully saturated rings. The quantitative estimate of drug-likeness (QED) is 0.646. The van der Waals surface area contributed by atoms with Gasteiger partial charge in [-0.05, 0) is 55.8 Å². The van der Waals surface area contributed by atoms with Crippen molar-refractivity contribution in [2.45, 2.75) is 25.5 Å². The Morgan fingerprint density at radius 2 is 1.94 bits per heavy atom. The molecule has 1 heterocycles. The van der Waals surface area contributed by atoms with Crippen LogP contribution >= 0.6 is 23.4 Å². The van der Waals surface area contributed by atoms with E-state index in [0.29, 0.717) is 33.7 Å². The fraction of sp³-hybridized carbons (Fsp3) is 0.273. The van der Waals surface area contributed by atoms with Crippen LogP contribution in [0.4, 0.5) is 11.4 Å². The minimum Gasteiger partial charge on any atom is -0.462 e. The lowest BCUT2D eigenvalue weighted by atomic mass is 10.2. The summed E-state index contributed by atoms with van der Waals surface area (Å²) < 4.78 is 4.96. The van der Waals surface area contributed by atoms with Crippen LogP contribution in [0.1, 0.15) is 29.3 Å². The lowest BCUT2D eigenvalue weighted by molar-refractivity contribution is -0.127. The number of hydrogen-bond donors (Lipinski definition) is 1. The molecule has 9 heteroatoms. The van der Waals surface area contributed by atoms with E-state index in [1.54, 1.807) is 50.4 Å². The number of esters is 1. The van der Waals surface area contributed by atoms with Crippen LogP contribution in [0.5, 0.6) is 0 Å². The summed E-state index contributed by atoms with van der Waals surface area (Å²) in [6.07, 6.45) is 0.0140. The first-order chi connectivity index (χ1) is 14.8. The van der Waals surface area contributed by atoms with E-state index in [4.69, 9.17) is 16.3 Å². The van der Waals surface area contributed by atoms with Crippen LogP contribution < -0.4 is 5.32 Å². The van der Waals surface area contributed by atoms with Crippen molar-refractivity contribution in [3.05, 3.63) is 58.6 Å². The van der Waals surface area contributed by atoms with Gasteiger partial charge in [0.05, 0.1) is 17.9 Å². The van der Waals surface area contributed by atoms with Gasteiger partial charge in [0.2, 0.25) is 11.8 Å². The molecule has 2 aromatic carbocycles. The number of hydrogen-bond acceptors (Lipinski definition) is 6. The van der Waals surface area contributed by atoms with Gasteiger partial charge in [-0.3, -0.25) is 14.5 Å². The van der Waals surface area contributed by atoms with E-state index in [0.717, 1.165) is 5.56 Å². The molecule has 0 spiro atoms. The van der Waals surface area contributed by atoms with Crippen LogP contribution in [0, 0.1) is 6.92 Å². The fourth-order valence-corrected chi connectivity index (χ4v) is 4.18. The van der Waals surface area contributed by atoms with E-state index < -0.39 is 11.2 Å². The second kappa shape index (κ2) is 9.98. The van der Waals surface area contributed by atoms with Crippen LogP contribution in [0.25, 0.3) is 0 Å². The van der Waals surface area contributed by atoms with Gasteiger partial charge in [-0.2, -0.15) is 0 Å². The maximum Gasteiger partial charge on any atom is 0.338 e. The Balaban J connectivity index is 1.65. The van der Waals surface area contributed by atoms with E-state index in [-0.39, 0.29) is 18.2 Å². The zero-order valence-electron chi connectivity index (χ0n) is 17.3. The van der Waals surface area contributed by atoms with Gasteiger partial charge in [-0.1, -0.05) is 29.4 Å². The number of carbonyl (C=O) groups excluding carboxylic acids is 3. The molecule has 0 bridgehead atoms. The Labute approximate surface area is 189 Å². The van der Waals surface area contributed by atoms with Crippen molar-refractivity contribution in [3.8, 4) is 0 Å². The van der Waals surface area contributed by atoms with Gasteiger partial charge in [-0.15, -0.1) is 0 Å². The normalized spacial score (nSPS) is 17.2. The summed E-state index contributed by atoms with van der Waals surface area (Å²) in [5.41, 5.74) is 2.52. The number of benzene rings is 2. The van der Waals surface area contributed by atoms with Gasteiger partial charge in [0.25, 0.3) is 0 Å². The highest BCUT2D eigenvalue weighted by Crippen LogP contribution is 2.31. The standard InChI is InChI=1S/C22H22ClN3O4S/c1-4-30-21(29)14-6-9-15(10-7-14)25-22-26(3)20(28)18(31-22)12-19(27)24-16-8-5-13(2)17(23)11-16/h5-11,18H,4,12H2,1-3H3,(H,24,27). The molecule has 3 rings (SSSR count). The largest absolute Gasteiger partial charge is 0.462 e. The predicted octanol–water partition coefficient (Wildman–Crippen LogP) is 4.42. The summed E-state index contributed by atoms with van der Waals surface area (Å²) in [7, 11) is 1.62. The van der Waals surface area contributed by atoms with Gasteiger partial charge in [0, 0.05) is 24.2 Å². The highest BCUT2D eigenvalue weighted by atomic mass is 35.5. The Kier molecular flexibility index (Phi) is 7.35. The molecule has 0 aromatic heterocycles. The molecule has 162 valence electrons. The van der Waals surface area contributed by atoms with Gasteiger partial charge in [0.1, 0.15) is 5.25 Å². The van der Waals surface area contributed by atoms with Crippen LogP contribution in [0.15, 0.2) is 47.5 Å². The highest BCUT2D eigenvalue weighted by molar-refractivity contribution is 8.15. The van der Waals surface area contributed by atoms with Gasteiger partial charge < -0.3 is 10.1 Å². The topological polar surface area (TPSA) is 88.1 Å². The van der Waals surface area contributed by atoms with E-state index in [2.05, 4.69) is 10.3 Å². The minimum atomic E-state index is -0.566. The molecule has 0 aliphatic carbocycles. The van der Waals surface area contributed by atoms with Crippen LogP contribution in [-0.4, -0.2) is 46.8 Å². The zero-order valence-corrected chi connectivity index (χ0v) is 18.9. The number of ether oxygens (including phenoxy) is 1. The summed E-state index contributed by atoms with van der Waals surface area (Å²) >= 11 is 7.32. The summed E-state index contributed by atoms with van der Waals surface area (Å²) in [5.74, 6) is -0.867. The first-order valence-electron chi connectivity index (χ1n) is 9.64. The van der Waals surface area contributed by atoms with E-state index in [1.165, 1.54) is 16.7 Å². The van der Waals surface area contributed by atoms with E-state index in [9.17, 15) is 14.4 Å². The number of nitrogens with one attached hydrogen (secondary N) is 1. The number of aliphatic imine (C=N–C) groups is 1. The number of rotatable bonds is 6. The number of amides is 2. The molecule has 1 aliphatic rings. The first-order valence-corrected chi connectivity index (χ1v) is 10.9. The molecule has 1 N–H and O–H groups in total. The van der Waals surface area contributed by atoms with Crippen molar-refractivity contribution in [1.29, 1.82) is 0 Å². The van der Waals surface area contributed by atoms with Gasteiger partial charge in [-0.25, -0.2) is 9.79 Å². The Bertz CT molecular complexity index is 1040. The molecule has 0 radical (unpaired) electrons. The van der Waals surface area contributed by atoms with Crippen molar-refractivity contribution in [3.63, 3.8) is 0 Å². The van der Waals surface area contributed by atoms with Crippen LogP contribution in [0.2, 0.25) is 5.02 Å². The average molecular weight is 460 g/mol. The van der Waals surface area contributed by atoms with Crippen molar-refractivity contribution < 1.29 is 19.1 Å². The number of nitrogens with zero attached hydrogens (tertiary/aromatic N) is 2. The first kappa shape index (κ1) is 22.8. The Morgan fingerprint density at radius 3 is 2.58 bits per heavy atom. The third-order valence-electron chi connectivity index (χ3n) is 4.57. The molecule has 1 aliphatic heterocycles. The van der Waals surface area contributed by atoms with Crippen molar-refractivity contribution >= 4 is 57.7 Å². The Morgan fingerprint density at radius 1 is 1.23 bits per heavy atom. The molecule has 7 nitrogen and oxygen atoms in total. The number of anilines is 1.